The summed E-state index contributed by atoms with van der Waals surface area (Å²) >= 11 is 0. The molecule has 1 heterocycles. The summed E-state index contributed by atoms with van der Waals surface area (Å²) in [6.07, 6.45) is -0.0413. The van der Waals surface area contributed by atoms with Gasteiger partial charge in [-0.1, -0.05) is 55.4 Å². The van der Waals surface area contributed by atoms with Gasteiger partial charge in [0.1, 0.15) is 11.9 Å². The fourth-order valence-corrected chi connectivity index (χ4v) is 6.09. The molecular formula is C43H96N4O11. The van der Waals surface area contributed by atoms with Crippen molar-refractivity contribution in [2.45, 2.75) is 169 Å². The number of nitrogens with one attached hydrogen (secondary N) is 1. The van der Waals surface area contributed by atoms with E-state index in [9.17, 15) is 30.0 Å². The Kier molecular flexibility index (Phi) is 43.7. The summed E-state index contributed by atoms with van der Waals surface area (Å²) in [7, 11) is 14.3. The van der Waals surface area contributed by atoms with Crippen LogP contribution in [0.2, 0.25) is 0 Å². The van der Waals surface area contributed by atoms with Crippen molar-refractivity contribution in [1.82, 2.24) is 20.0 Å². The lowest BCUT2D eigenvalue weighted by Gasteiger charge is -2.43. The predicted octanol–water partition coefficient (Wildman–Crippen LogP) is 3.66. The number of aliphatic hydroxyl groups excluding tert-OH is 3. The third-order valence-corrected chi connectivity index (χ3v) is 9.17. The lowest BCUT2D eigenvalue weighted by molar-refractivity contribution is -0.256. The van der Waals surface area contributed by atoms with Crippen LogP contribution in [-0.4, -0.2) is 196 Å². The van der Waals surface area contributed by atoms with Crippen molar-refractivity contribution in [1.29, 1.82) is 0 Å². The second kappa shape index (κ2) is 38.6. The number of aliphatic hydroxyl groups is 5. The summed E-state index contributed by atoms with van der Waals surface area (Å²) in [6.45, 7) is 24.4. The molecule has 0 aromatic rings. The molecule has 0 bridgehead atoms. The third-order valence-electron chi connectivity index (χ3n) is 9.17. The van der Waals surface area contributed by atoms with E-state index in [0.717, 1.165) is 6.42 Å². The Morgan fingerprint density at radius 2 is 1.45 bits per heavy atom. The zero-order valence-corrected chi connectivity index (χ0v) is 40.9. The van der Waals surface area contributed by atoms with Crippen LogP contribution in [0.5, 0.6) is 0 Å². The zero-order valence-electron chi connectivity index (χ0n) is 40.9. The van der Waals surface area contributed by atoms with Gasteiger partial charge in [-0.25, -0.2) is 0 Å². The van der Waals surface area contributed by atoms with E-state index in [2.05, 4.69) is 15.0 Å². The SMILES string of the molecule is CC.CC.CC.CN(C)CC(=O)NCCCO.COC.COCC(C)(O)C(O)C(C)N(C)C[C@H](C)CC(C)(O)[C@@H](C[C@H](O)C(C)C=O)OC1CC(N(C)C)CC(C)O1. The second-order valence-corrected chi connectivity index (χ2v) is 15.5. The minimum absolute atomic E-state index is 0.00319. The number of hydrogen-bond acceptors (Lipinski definition) is 14. The molecule has 1 aliphatic heterocycles. The van der Waals surface area contributed by atoms with Gasteiger partial charge in [0.25, 0.3) is 0 Å². The maximum Gasteiger partial charge on any atom is 0.234 e. The Morgan fingerprint density at radius 1 is 0.931 bits per heavy atom. The highest BCUT2D eigenvalue weighted by Crippen LogP contribution is 2.32. The van der Waals surface area contributed by atoms with E-state index >= 15 is 0 Å². The van der Waals surface area contributed by atoms with Crippen LogP contribution in [0.15, 0.2) is 0 Å². The van der Waals surface area contributed by atoms with Crippen LogP contribution in [-0.2, 0) is 28.5 Å². The molecule has 15 nitrogen and oxygen atoms in total. The van der Waals surface area contributed by atoms with E-state index in [0.29, 0.717) is 45.2 Å². The van der Waals surface area contributed by atoms with Crippen LogP contribution in [0.3, 0.4) is 0 Å². The van der Waals surface area contributed by atoms with Crippen molar-refractivity contribution in [3.63, 3.8) is 0 Å². The van der Waals surface area contributed by atoms with Crippen LogP contribution < -0.4 is 5.32 Å². The maximum atomic E-state index is 11.7. The first-order valence-corrected chi connectivity index (χ1v) is 21.4. The second-order valence-electron chi connectivity index (χ2n) is 15.5. The van der Waals surface area contributed by atoms with E-state index < -0.39 is 41.7 Å². The van der Waals surface area contributed by atoms with Crippen LogP contribution in [0.4, 0.5) is 0 Å². The highest BCUT2D eigenvalue weighted by atomic mass is 16.7. The molecule has 15 heteroatoms. The minimum Gasteiger partial charge on any atom is -0.396 e. The molecule has 0 aromatic heterocycles. The molecule has 0 radical (unpaired) electrons. The van der Waals surface area contributed by atoms with Gasteiger partial charge >= 0.3 is 0 Å². The predicted molar refractivity (Wildman–Crippen MR) is 237 cm³/mol. The van der Waals surface area contributed by atoms with Gasteiger partial charge in [0, 0.05) is 71.9 Å². The van der Waals surface area contributed by atoms with E-state index in [1.807, 2.05) is 102 Å². The number of methoxy groups -OCH3 is 2. The highest BCUT2D eigenvalue weighted by molar-refractivity contribution is 5.77. The number of likely N-dealkylation sites (N-methyl/N-ethyl adjacent to an activating group) is 2. The Labute approximate surface area is 356 Å². The number of ether oxygens (including phenoxy) is 4. The molecule has 354 valence electrons. The topological polar surface area (TPSA) is 194 Å². The van der Waals surface area contributed by atoms with Crippen molar-refractivity contribution < 1.29 is 54.1 Å². The summed E-state index contributed by atoms with van der Waals surface area (Å²) in [5.41, 5.74) is -2.73. The third kappa shape index (κ3) is 31.5. The molecule has 8 unspecified atom stereocenters. The molecule has 0 spiro atoms. The fraction of sp³-hybridized carbons (Fsp3) is 0.953. The molecule has 1 rings (SSSR count). The van der Waals surface area contributed by atoms with Crippen LogP contribution >= 0.6 is 0 Å². The summed E-state index contributed by atoms with van der Waals surface area (Å²) in [5, 5.41) is 54.7. The monoisotopic (exact) mass is 845 g/mol. The Morgan fingerprint density at radius 3 is 1.88 bits per heavy atom. The van der Waals surface area contributed by atoms with Crippen molar-refractivity contribution in [2.24, 2.45) is 11.8 Å². The number of rotatable bonds is 22. The van der Waals surface area contributed by atoms with Gasteiger partial charge in [-0.05, 0) is 88.1 Å². The summed E-state index contributed by atoms with van der Waals surface area (Å²) in [6, 6.07) is -0.0982. The Balaban J connectivity index is -0.000000389. The molecule has 1 amide bonds. The average Bonchev–Trinajstić information content (AvgIpc) is 3.15. The van der Waals surface area contributed by atoms with Crippen molar-refractivity contribution >= 4 is 12.2 Å². The van der Waals surface area contributed by atoms with Gasteiger partial charge in [-0.2, -0.15) is 0 Å². The summed E-state index contributed by atoms with van der Waals surface area (Å²) in [4.78, 5) is 28.1. The summed E-state index contributed by atoms with van der Waals surface area (Å²) < 4.78 is 21.7. The van der Waals surface area contributed by atoms with Crippen LogP contribution in [0.25, 0.3) is 0 Å². The van der Waals surface area contributed by atoms with Gasteiger partial charge in [0.15, 0.2) is 6.29 Å². The number of hydrogen-bond donors (Lipinski definition) is 6. The van der Waals surface area contributed by atoms with Gasteiger partial charge in [-0.3, -0.25) is 4.79 Å². The molecular weight excluding hydrogens is 748 g/mol. The number of carbonyl (C=O) groups is 2. The zero-order chi connectivity index (χ0) is 46.8. The maximum absolute atomic E-state index is 11.7. The Hall–Kier alpha value is -1.34. The normalized spacial score (nSPS) is 21.3. The first-order chi connectivity index (χ1) is 27.0. The van der Waals surface area contributed by atoms with E-state index in [-0.39, 0.29) is 49.6 Å². The van der Waals surface area contributed by atoms with Gasteiger partial charge in [0.05, 0.1) is 43.2 Å². The number of amides is 1. The van der Waals surface area contributed by atoms with Gasteiger partial charge < -0.3 is 69.3 Å². The standard InChI is InChI=1S/C28H56N2O8.C7H16N2O2.C2H6O.3C2H6/c1-18(15-30(9)21(4)26(33)28(6,35)17-36-10)14-27(5,34)24(13-23(32)19(2)16-31)38-25-12-22(29(7)8)11-20(3)37-25;1-9(2)6-7(11)8-4-3-5-10;1-3-2;3*1-2/h16,18-26,32-35H,11-15,17H2,1-10H3;10H,3-6H2,1-2H3,(H,8,11);1-2H3;3*1-2H3/t18-,19?,20?,21?,22?,23+,24-,25?,26?,27?,28?;;;;;/m1...../s1. The molecule has 1 fully saturated rings. The van der Waals surface area contributed by atoms with Crippen LogP contribution in [0.1, 0.15) is 115 Å². The molecule has 6 N–H and O–H groups in total. The lowest BCUT2D eigenvalue weighted by atomic mass is 9.83. The van der Waals surface area contributed by atoms with Crippen molar-refractivity contribution in [3.8, 4) is 0 Å². The number of nitrogens with zero attached hydrogens (tertiary/aromatic N) is 3. The lowest BCUT2D eigenvalue weighted by Crippen LogP contribution is -2.55. The molecule has 1 saturated heterocycles. The fourth-order valence-electron chi connectivity index (χ4n) is 6.09. The molecule has 0 saturated carbocycles. The summed E-state index contributed by atoms with van der Waals surface area (Å²) in [5.74, 6) is -0.614. The molecule has 11 atom stereocenters. The quantitative estimate of drug-likeness (QED) is 0.0683. The largest absolute Gasteiger partial charge is 0.396 e. The van der Waals surface area contributed by atoms with Crippen molar-refractivity contribution in [2.75, 3.05) is 89.4 Å². The molecule has 58 heavy (non-hydrogen) atoms. The first-order valence-electron chi connectivity index (χ1n) is 21.4. The van der Waals surface area contributed by atoms with E-state index in [4.69, 9.17) is 19.3 Å². The molecule has 0 aromatic carbocycles. The minimum atomic E-state index is -1.40. The first kappa shape index (κ1) is 65.8. The number of carbonyl (C=O) groups excluding carboxylic acids is 2. The highest BCUT2D eigenvalue weighted by Gasteiger charge is 2.41. The molecule has 0 aliphatic carbocycles. The van der Waals surface area contributed by atoms with Gasteiger partial charge in [0.2, 0.25) is 5.91 Å². The van der Waals surface area contributed by atoms with Crippen LogP contribution in [0, 0.1) is 11.8 Å². The average molecular weight is 845 g/mol. The van der Waals surface area contributed by atoms with E-state index in [1.54, 1.807) is 39.9 Å². The van der Waals surface area contributed by atoms with E-state index in [1.165, 1.54) is 7.11 Å². The smallest absolute Gasteiger partial charge is 0.234 e. The van der Waals surface area contributed by atoms with Crippen molar-refractivity contribution in [3.05, 3.63) is 0 Å². The van der Waals surface area contributed by atoms with Gasteiger partial charge in [-0.15, -0.1) is 0 Å². The molecule has 1 aliphatic rings. The number of aldehydes is 1. The Bertz CT molecular complexity index is 931.